The summed E-state index contributed by atoms with van der Waals surface area (Å²) in [4.78, 5) is 36.7. The van der Waals surface area contributed by atoms with Gasteiger partial charge in [0.25, 0.3) is 0 Å². The minimum absolute atomic E-state index is 0.162. The zero-order valence-electron chi connectivity index (χ0n) is 14.1. The first-order valence-electron chi connectivity index (χ1n) is 8.04. The number of ketones is 3. The minimum Gasteiger partial charge on any atom is -0.389 e. The average Bonchev–Trinajstić information content (AvgIpc) is 2.44. The van der Waals surface area contributed by atoms with Gasteiger partial charge in [-0.25, -0.2) is 0 Å². The van der Waals surface area contributed by atoms with Crippen LogP contribution in [0.4, 0.5) is 0 Å². The third-order valence-corrected chi connectivity index (χ3v) is 4.92. The molecule has 1 aliphatic rings. The molecule has 0 aromatic heterocycles. The Balaban J connectivity index is 2.58. The number of Topliss-reactive ketones (excluding diaryl/α,β-unsaturated/α-hetero) is 3. The maximum atomic E-state index is 12.4. The Kier molecular flexibility index (Phi) is 4.85. The number of carbonyl (C=O) groups excluding carboxylic acids is 3. The molecule has 1 N–H and O–H groups in total. The quantitative estimate of drug-likeness (QED) is 0.866. The molecule has 0 spiro atoms. The van der Waals surface area contributed by atoms with Crippen molar-refractivity contribution in [2.24, 2.45) is 11.8 Å². The molecule has 1 saturated carbocycles. The Bertz CT molecular complexity index is 627. The summed E-state index contributed by atoms with van der Waals surface area (Å²) in [6.07, 6.45) is 0.721. The molecule has 1 aliphatic carbocycles. The average molecular weight is 316 g/mol. The highest BCUT2D eigenvalue weighted by Crippen LogP contribution is 2.46. The Morgan fingerprint density at radius 1 is 1.17 bits per heavy atom. The molecule has 2 rings (SSSR count). The van der Waals surface area contributed by atoms with Gasteiger partial charge in [0, 0.05) is 12.3 Å². The molecule has 4 atom stereocenters. The Labute approximate surface area is 136 Å². The van der Waals surface area contributed by atoms with Crippen LogP contribution in [-0.4, -0.2) is 28.1 Å². The number of aryl methyl sites for hydroxylation is 1. The highest BCUT2D eigenvalue weighted by atomic mass is 16.3. The maximum Gasteiger partial charge on any atom is 0.146 e. The van der Waals surface area contributed by atoms with Crippen molar-refractivity contribution in [3.05, 3.63) is 35.4 Å². The number of rotatable bonds is 4. The smallest absolute Gasteiger partial charge is 0.146 e. The lowest BCUT2D eigenvalue weighted by Crippen LogP contribution is -2.53. The number of aliphatic hydroxyl groups is 1. The lowest BCUT2D eigenvalue weighted by atomic mass is 9.60. The van der Waals surface area contributed by atoms with Gasteiger partial charge >= 0.3 is 0 Å². The molecular weight excluding hydrogens is 292 g/mol. The highest BCUT2D eigenvalue weighted by Gasteiger charge is 2.53. The third kappa shape index (κ3) is 3.27. The molecule has 1 aromatic carbocycles. The van der Waals surface area contributed by atoms with E-state index in [1.165, 1.54) is 20.8 Å². The van der Waals surface area contributed by atoms with Gasteiger partial charge in [0.2, 0.25) is 0 Å². The normalized spacial score (nSPS) is 31.0. The van der Waals surface area contributed by atoms with E-state index in [-0.39, 0.29) is 23.8 Å². The van der Waals surface area contributed by atoms with Gasteiger partial charge in [-0.3, -0.25) is 14.4 Å². The molecule has 0 bridgehead atoms. The molecule has 124 valence electrons. The number of hydrogen-bond donors (Lipinski definition) is 1. The fraction of sp³-hybridized carbons (Fsp3) is 0.526. The zero-order valence-corrected chi connectivity index (χ0v) is 14.1. The van der Waals surface area contributed by atoms with Gasteiger partial charge in [-0.15, -0.1) is 0 Å². The Hall–Kier alpha value is -1.81. The summed E-state index contributed by atoms with van der Waals surface area (Å²) in [6.45, 7) is 6.36. The number of benzene rings is 1. The van der Waals surface area contributed by atoms with Crippen molar-refractivity contribution in [3.63, 3.8) is 0 Å². The molecule has 23 heavy (non-hydrogen) atoms. The number of carbonyl (C=O) groups is 3. The van der Waals surface area contributed by atoms with Gasteiger partial charge in [-0.1, -0.05) is 31.2 Å². The van der Waals surface area contributed by atoms with Crippen molar-refractivity contribution in [3.8, 4) is 0 Å². The van der Waals surface area contributed by atoms with Gasteiger partial charge < -0.3 is 5.11 Å². The van der Waals surface area contributed by atoms with Crippen LogP contribution in [0.2, 0.25) is 0 Å². The van der Waals surface area contributed by atoms with Crippen LogP contribution in [0.25, 0.3) is 0 Å². The van der Waals surface area contributed by atoms with Crippen molar-refractivity contribution in [1.82, 2.24) is 0 Å². The first kappa shape index (κ1) is 17.5. The predicted octanol–water partition coefficient (Wildman–Crippen LogP) is 2.47. The molecule has 0 saturated heterocycles. The Morgan fingerprint density at radius 3 is 2.17 bits per heavy atom. The highest BCUT2D eigenvalue weighted by molar-refractivity contribution is 6.05. The van der Waals surface area contributed by atoms with Crippen LogP contribution in [0, 0.1) is 11.8 Å². The van der Waals surface area contributed by atoms with Crippen molar-refractivity contribution in [2.75, 3.05) is 0 Å². The van der Waals surface area contributed by atoms with Crippen LogP contribution < -0.4 is 0 Å². The molecule has 4 nitrogen and oxygen atoms in total. The molecule has 1 aromatic rings. The predicted molar refractivity (Wildman–Crippen MR) is 87.2 cm³/mol. The van der Waals surface area contributed by atoms with Crippen LogP contribution in [0.3, 0.4) is 0 Å². The van der Waals surface area contributed by atoms with Crippen molar-refractivity contribution < 1.29 is 19.5 Å². The standard InChI is InChI=1S/C19H24O4/c1-5-13-6-8-14(9-7-13)17-16(11(2)20)15(22)10-19(4,23)18(17)12(3)21/h6-9,16-18,23H,5,10H2,1-4H3/t16-,17-,18+,19+/m0/s1. The monoisotopic (exact) mass is 316 g/mol. The van der Waals surface area contributed by atoms with Crippen LogP contribution in [0.5, 0.6) is 0 Å². The molecule has 0 radical (unpaired) electrons. The molecule has 0 heterocycles. The van der Waals surface area contributed by atoms with E-state index in [0.717, 1.165) is 17.5 Å². The summed E-state index contributed by atoms with van der Waals surface area (Å²) in [6, 6.07) is 7.61. The van der Waals surface area contributed by atoms with E-state index in [0.29, 0.717) is 0 Å². The minimum atomic E-state index is -1.43. The van der Waals surface area contributed by atoms with E-state index in [4.69, 9.17) is 0 Å². The molecular formula is C19H24O4. The largest absolute Gasteiger partial charge is 0.389 e. The SMILES string of the molecule is CCc1ccc([C@H]2[C@@H](C(C)=O)C(=O)C[C@@](C)(O)[C@@H]2C(C)=O)cc1. The van der Waals surface area contributed by atoms with E-state index in [1.807, 2.05) is 31.2 Å². The van der Waals surface area contributed by atoms with E-state index < -0.39 is 23.4 Å². The van der Waals surface area contributed by atoms with Crippen LogP contribution >= 0.6 is 0 Å². The van der Waals surface area contributed by atoms with E-state index in [9.17, 15) is 19.5 Å². The number of hydrogen-bond acceptors (Lipinski definition) is 4. The van der Waals surface area contributed by atoms with Crippen LogP contribution in [0.15, 0.2) is 24.3 Å². The van der Waals surface area contributed by atoms with Gasteiger partial charge in [-0.05, 0) is 38.3 Å². The second kappa shape index (κ2) is 6.36. The summed E-state index contributed by atoms with van der Waals surface area (Å²) < 4.78 is 0. The maximum absolute atomic E-state index is 12.4. The van der Waals surface area contributed by atoms with Gasteiger partial charge in [-0.2, -0.15) is 0 Å². The van der Waals surface area contributed by atoms with Crippen LogP contribution in [0.1, 0.15) is 51.2 Å². The molecule has 4 heteroatoms. The van der Waals surface area contributed by atoms with Gasteiger partial charge in [0.15, 0.2) is 0 Å². The third-order valence-electron chi connectivity index (χ3n) is 4.92. The summed E-state index contributed by atoms with van der Waals surface area (Å²) >= 11 is 0. The Morgan fingerprint density at radius 2 is 1.74 bits per heavy atom. The molecule has 1 fully saturated rings. The first-order valence-corrected chi connectivity index (χ1v) is 8.04. The lowest BCUT2D eigenvalue weighted by Gasteiger charge is -2.44. The van der Waals surface area contributed by atoms with Crippen LogP contribution in [-0.2, 0) is 20.8 Å². The summed E-state index contributed by atoms with van der Waals surface area (Å²) in [5.41, 5.74) is 0.473. The van der Waals surface area contributed by atoms with Crippen molar-refractivity contribution in [1.29, 1.82) is 0 Å². The van der Waals surface area contributed by atoms with Gasteiger partial charge in [0.05, 0.1) is 17.4 Å². The molecule has 0 unspecified atom stereocenters. The first-order chi connectivity index (χ1) is 10.7. The summed E-state index contributed by atoms with van der Waals surface area (Å²) in [7, 11) is 0. The van der Waals surface area contributed by atoms with Gasteiger partial charge in [0.1, 0.15) is 17.3 Å². The van der Waals surface area contributed by atoms with Crippen molar-refractivity contribution in [2.45, 2.75) is 52.1 Å². The summed E-state index contributed by atoms with van der Waals surface area (Å²) in [5.74, 6) is -2.96. The molecule has 0 aliphatic heterocycles. The van der Waals surface area contributed by atoms with E-state index >= 15 is 0 Å². The van der Waals surface area contributed by atoms with Crippen molar-refractivity contribution >= 4 is 17.3 Å². The second-order valence-corrected chi connectivity index (χ2v) is 6.80. The topological polar surface area (TPSA) is 71.4 Å². The molecule has 0 amide bonds. The lowest BCUT2D eigenvalue weighted by molar-refractivity contribution is -0.151. The zero-order chi connectivity index (χ0) is 17.4. The summed E-state index contributed by atoms with van der Waals surface area (Å²) in [5, 5.41) is 10.7. The van der Waals surface area contributed by atoms with E-state index in [1.54, 1.807) is 0 Å². The fourth-order valence-corrected chi connectivity index (χ4v) is 3.88. The second-order valence-electron chi connectivity index (χ2n) is 6.80. The van der Waals surface area contributed by atoms with E-state index in [2.05, 4.69) is 0 Å². The fourth-order valence-electron chi connectivity index (χ4n) is 3.88.